The molecule has 0 fully saturated rings. The summed E-state index contributed by atoms with van der Waals surface area (Å²) in [6, 6.07) is 82.7. The van der Waals surface area contributed by atoms with Crippen LogP contribution in [0.25, 0.3) is 115 Å². The van der Waals surface area contributed by atoms with E-state index in [1.807, 2.05) is 0 Å². The van der Waals surface area contributed by atoms with E-state index >= 15 is 0 Å². The van der Waals surface area contributed by atoms with E-state index in [2.05, 4.69) is 229 Å². The predicted molar refractivity (Wildman–Crippen MR) is 253 cm³/mol. The molecule has 0 amide bonds. The van der Waals surface area contributed by atoms with Crippen molar-refractivity contribution in [2.45, 2.75) is 0 Å². The maximum atomic E-state index is 2.48. The molecule has 1 aromatic heterocycles. The Morgan fingerprint density at radius 3 is 1.07 bits per heavy atom. The molecule has 1 heterocycles. The van der Waals surface area contributed by atoms with E-state index in [-0.39, 0.29) is 0 Å². The van der Waals surface area contributed by atoms with Crippen LogP contribution in [0.3, 0.4) is 0 Å². The molecule has 0 radical (unpaired) electrons. The van der Waals surface area contributed by atoms with Gasteiger partial charge in [0.1, 0.15) is 0 Å². The van der Waals surface area contributed by atoms with Crippen LogP contribution in [0.4, 0.5) is 0 Å². The third kappa shape index (κ3) is 5.47. The summed E-state index contributed by atoms with van der Waals surface area (Å²) in [5, 5.41) is 12.6. The van der Waals surface area contributed by atoms with E-state index in [1.165, 1.54) is 109 Å². The molecular weight excluding hydrogens is 711 g/mol. The van der Waals surface area contributed by atoms with Gasteiger partial charge in [-0.3, -0.25) is 0 Å². The van der Waals surface area contributed by atoms with Crippen LogP contribution in [0.2, 0.25) is 0 Å². The number of fused-ring (bicyclic) bond motifs is 9. The van der Waals surface area contributed by atoms with Crippen molar-refractivity contribution < 1.29 is 0 Å². The lowest BCUT2D eigenvalue weighted by molar-refractivity contribution is 1.18. The number of benzene rings is 11. The van der Waals surface area contributed by atoms with E-state index in [0.29, 0.717) is 0 Å². The molecule has 12 rings (SSSR count). The Morgan fingerprint density at radius 2 is 0.610 bits per heavy atom. The fraction of sp³-hybridized carbons (Fsp3) is 0. The molecule has 11 aromatic carbocycles. The molecule has 0 saturated carbocycles. The highest BCUT2D eigenvalue weighted by atomic mass is 15.0. The van der Waals surface area contributed by atoms with Crippen molar-refractivity contribution in [3.8, 4) is 50.2 Å². The molecule has 0 saturated heterocycles. The fourth-order valence-corrected chi connectivity index (χ4v) is 9.56. The number of aromatic nitrogens is 1. The molecule has 12 aromatic rings. The third-order valence-electron chi connectivity index (χ3n) is 12.3. The Labute approximate surface area is 342 Å². The standard InChI is InChI=1S/C58H37N/c1-3-15-38(16-4-1)44-31-45(39-17-5-2-6-18-39)33-46(32-44)59-57-29-27-42(53-34-40-19-7-9-21-47(40)49-23-11-13-25-51(49)53)36-55(57)56-37-43(28-30-58(56)59)54-35-41-20-8-10-22-48(41)50-24-12-14-26-52(50)54/h1-37H. The maximum Gasteiger partial charge on any atom is 0.0541 e. The zero-order valence-electron chi connectivity index (χ0n) is 32.3. The van der Waals surface area contributed by atoms with Crippen molar-refractivity contribution in [3.63, 3.8) is 0 Å². The Morgan fingerprint density at radius 1 is 0.220 bits per heavy atom. The van der Waals surface area contributed by atoms with Gasteiger partial charge in [-0.15, -0.1) is 0 Å². The van der Waals surface area contributed by atoms with E-state index in [1.54, 1.807) is 0 Å². The first kappa shape index (κ1) is 33.4. The smallest absolute Gasteiger partial charge is 0.0541 e. The second-order valence-electron chi connectivity index (χ2n) is 15.7. The van der Waals surface area contributed by atoms with Crippen molar-refractivity contribution in [1.82, 2.24) is 4.57 Å². The zero-order chi connectivity index (χ0) is 38.9. The van der Waals surface area contributed by atoms with Crippen LogP contribution in [0.1, 0.15) is 0 Å². The monoisotopic (exact) mass is 747 g/mol. The molecule has 0 aliphatic rings. The molecule has 0 atom stereocenters. The van der Waals surface area contributed by atoms with Crippen LogP contribution < -0.4 is 0 Å². The van der Waals surface area contributed by atoms with Gasteiger partial charge in [-0.1, -0.05) is 170 Å². The molecule has 59 heavy (non-hydrogen) atoms. The SMILES string of the molecule is c1ccc(-c2cc(-c3ccccc3)cc(-n3c4ccc(-c5cc6ccccc6c6ccccc56)cc4c4cc(-c5cc6ccccc6c6ccccc56)ccc43)c2)cc1. The highest BCUT2D eigenvalue weighted by Gasteiger charge is 2.19. The van der Waals surface area contributed by atoms with Crippen molar-refractivity contribution in [1.29, 1.82) is 0 Å². The minimum Gasteiger partial charge on any atom is -0.309 e. The minimum absolute atomic E-state index is 1.14. The number of hydrogen-bond acceptors (Lipinski definition) is 0. The molecule has 0 aliphatic carbocycles. The Bertz CT molecular complexity index is 3360. The van der Waals surface area contributed by atoms with Crippen LogP contribution in [-0.4, -0.2) is 4.57 Å². The lowest BCUT2D eigenvalue weighted by Crippen LogP contribution is -1.96. The first-order chi connectivity index (χ1) is 29.2. The predicted octanol–water partition coefficient (Wildman–Crippen LogP) is 16.1. The summed E-state index contributed by atoms with van der Waals surface area (Å²) in [5.74, 6) is 0. The Hall–Kier alpha value is -7.74. The van der Waals surface area contributed by atoms with Gasteiger partial charge in [0.25, 0.3) is 0 Å². The quantitative estimate of drug-likeness (QED) is 0.155. The van der Waals surface area contributed by atoms with Gasteiger partial charge in [-0.05, 0) is 142 Å². The van der Waals surface area contributed by atoms with E-state index < -0.39 is 0 Å². The molecule has 274 valence electrons. The van der Waals surface area contributed by atoms with Crippen LogP contribution in [0.15, 0.2) is 224 Å². The van der Waals surface area contributed by atoms with Crippen LogP contribution in [-0.2, 0) is 0 Å². The molecule has 0 aliphatic heterocycles. The number of nitrogens with zero attached hydrogens (tertiary/aromatic N) is 1. The van der Waals surface area contributed by atoms with Crippen LogP contribution in [0, 0.1) is 0 Å². The van der Waals surface area contributed by atoms with Gasteiger partial charge in [-0.25, -0.2) is 0 Å². The second kappa shape index (κ2) is 13.4. The van der Waals surface area contributed by atoms with Gasteiger partial charge in [-0.2, -0.15) is 0 Å². The molecule has 0 bridgehead atoms. The van der Waals surface area contributed by atoms with E-state index in [0.717, 1.165) is 5.69 Å². The minimum atomic E-state index is 1.14. The fourth-order valence-electron chi connectivity index (χ4n) is 9.56. The van der Waals surface area contributed by atoms with Gasteiger partial charge in [0.05, 0.1) is 11.0 Å². The van der Waals surface area contributed by atoms with E-state index in [4.69, 9.17) is 0 Å². The zero-order valence-corrected chi connectivity index (χ0v) is 32.3. The molecule has 1 nitrogen and oxygen atoms in total. The largest absolute Gasteiger partial charge is 0.309 e. The van der Waals surface area contributed by atoms with Crippen molar-refractivity contribution in [2.75, 3.05) is 0 Å². The summed E-state index contributed by atoms with van der Waals surface area (Å²) in [6.07, 6.45) is 0. The summed E-state index contributed by atoms with van der Waals surface area (Å²) in [5.41, 5.74) is 13.2. The first-order valence-electron chi connectivity index (χ1n) is 20.4. The number of rotatable bonds is 5. The summed E-state index contributed by atoms with van der Waals surface area (Å²) >= 11 is 0. The van der Waals surface area contributed by atoms with Crippen LogP contribution in [0.5, 0.6) is 0 Å². The van der Waals surface area contributed by atoms with Crippen molar-refractivity contribution >= 4 is 64.9 Å². The normalized spacial score (nSPS) is 11.7. The van der Waals surface area contributed by atoms with Gasteiger partial charge in [0.15, 0.2) is 0 Å². The lowest BCUT2D eigenvalue weighted by Gasteiger charge is -2.15. The summed E-state index contributed by atoms with van der Waals surface area (Å²) in [4.78, 5) is 0. The Kier molecular flexibility index (Phi) is 7.61. The highest BCUT2D eigenvalue weighted by molar-refractivity contribution is 6.18. The van der Waals surface area contributed by atoms with Gasteiger partial charge < -0.3 is 4.57 Å². The number of hydrogen-bond donors (Lipinski definition) is 0. The van der Waals surface area contributed by atoms with Gasteiger partial charge in [0, 0.05) is 16.5 Å². The van der Waals surface area contributed by atoms with Gasteiger partial charge in [0.2, 0.25) is 0 Å². The summed E-state index contributed by atoms with van der Waals surface area (Å²) in [6.45, 7) is 0. The lowest BCUT2D eigenvalue weighted by atomic mass is 9.92. The molecular formula is C58H37N. The van der Waals surface area contributed by atoms with Crippen molar-refractivity contribution in [2.24, 2.45) is 0 Å². The molecule has 1 heteroatoms. The van der Waals surface area contributed by atoms with Crippen molar-refractivity contribution in [3.05, 3.63) is 224 Å². The highest BCUT2D eigenvalue weighted by Crippen LogP contribution is 2.43. The Balaban J connectivity index is 1.16. The average molecular weight is 748 g/mol. The van der Waals surface area contributed by atoms with Crippen LogP contribution >= 0.6 is 0 Å². The summed E-state index contributed by atoms with van der Waals surface area (Å²) < 4.78 is 2.48. The molecule has 0 unspecified atom stereocenters. The summed E-state index contributed by atoms with van der Waals surface area (Å²) in [7, 11) is 0. The average Bonchev–Trinajstić information content (AvgIpc) is 3.64. The van der Waals surface area contributed by atoms with E-state index in [9.17, 15) is 0 Å². The first-order valence-corrected chi connectivity index (χ1v) is 20.4. The molecule has 0 N–H and O–H groups in total. The third-order valence-corrected chi connectivity index (χ3v) is 12.3. The van der Waals surface area contributed by atoms with Gasteiger partial charge >= 0.3 is 0 Å². The molecule has 0 spiro atoms. The topological polar surface area (TPSA) is 4.93 Å². The maximum absolute atomic E-state index is 2.48. The second-order valence-corrected chi connectivity index (χ2v) is 15.7.